The van der Waals surface area contributed by atoms with E-state index < -0.39 is 10.2 Å². The van der Waals surface area contributed by atoms with Crippen LogP contribution in [0.5, 0.6) is 0 Å². The summed E-state index contributed by atoms with van der Waals surface area (Å²) in [6.45, 7) is 3.73. The summed E-state index contributed by atoms with van der Waals surface area (Å²) in [7, 11) is -0.295. The normalized spacial score (nSPS) is 19.4. The lowest BCUT2D eigenvalue weighted by Gasteiger charge is -2.33. The van der Waals surface area contributed by atoms with E-state index in [4.69, 9.17) is 0 Å². The summed E-state index contributed by atoms with van der Waals surface area (Å²) in [4.78, 5) is 9.08. The number of aromatic nitrogens is 4. The fourth-order valence-corrected chi connectivity index (χ4v) is 4.43. The Balaban J connectivity index is 1.95. The summed E-state index contributed by atoms with van der Waals surface area (Å²) < 4.78 is 29.6. The van der Waals surface area contributed by atoms with Crippen LogP contribution in [0.3, 0.4) is 0 Å². The van der Waals surface area contributed by atoms with Crippen molar-refractivity contribution >= 4 is 10.2 Å². The van der Waals surface area contributed by atoms with Gasteiger partial charge in [0.05, 0.1) is 11.4 Å². The van der Waals surface area contributed by atoms with E-state index in [1.54, 1.807) is 32.7 Å². The number of piperidine rings is 1. The third-order valence-corrected chi connectivity index (χ3v) is 6.45. The minimum Gasteiger partial charge on any atom is -0.264 e. The van der Waals surface area contributed by atoms with Crippen LogP contribution in [0, 0.1) is 0 Å². The number of aryl methyl sites for hydroxylation is 1. The Labute approximate surface area is 148 Å². The van der Waals surface area contributed by atoms with Gasteiger partial charge in [0.15, 0.2) is 0 Å². The van der Waals surface area contributed by atoms with Gasteiger partial charge in [-0.2, -0.15) is 22.1 Å². The van der Waals surface area contributed by atoms with Crippen molar-refractivity contribution in [1.29, 1.82) is 0 Å². The van der Waals surface area contributed by atoms with Crippen LogP contribution in [0.25, 0.3) is 11.4 Å². The molecule has 0 N–H and O–H groups in total. The maximum absolute atomic E-state index is 12.5. The number of nitrogens with zero attached hydrogens (tertiary/aromatic N) is 6. The molecular formula is C16H24N6O2S. The minimum absolute atomic E-state index is 0.0207. The van der Waals surface area contributed by atoms with Gasteiger partial charge in [-0.05, 0) is 25.8 Å². The summed E-state index contributed by atoms with van der Waals surface area (Å²) in [5, 5.41) is 4.31. The van der Waals surface area contributed by atoms with E-state index in [1.165, 1.54) is 8.61 Å². The lowest BCUT2D eigenvalue weighted by atomic mass is 9.93. The zero-order valence-electron chi connectivity index (χ0n) is 14.8. The van der Waals surface area contributed by atoms with Gasteiger partial charge in [-0.25, -0.2) is 0 Å². The number of hydrogen-bond donors (Lipinski definition) is 0. The zero-order chi connectivity index (χ0) is 18.0. The molecule has 2 aromatic rings. The molecule has 136 valence electrons. The Morgan fingerprint density at radius 1 is 1.24 bits per heavy atom. The van der Waals surface area contributed by atoms with E-state index in [1.807, 2.05) is 17.7 Å². The SMILES string of the molecule is CCn1nccc1-c1nccnc1[C@@H]1CCCN(S(=O)(=O)N(C)C)C1. The lowest BCUT2D eigenvalue weighted by Crippen LogP contribution is -2.45. The van der Waals surface area contributed by atoms with E-state index in [-0.39, 0.29) is 5.92 Å². The van der Waals surface area contributed by atoms with E-state index in [0.717, 1.165) is 36.5 Å². The van der Waals surface area contributed by atoms with Gasteiger partial charge >= 0.3 is 0 Å². The van der Waals surface area contributed by atoms with Gasteiger partial charge in [-0.3, -0.25) is 14.6 Å². The first-order chi connectivity index (χ1) is 11.9. The Morgan fingerprint density at radius 2 is 2.00 bits per heavy atom. The van der Waals surface area contributed by atoms with E-state index in [9.17, 15) is 8.42 Å². The molecule has 2 aromatic heterocycles. The van der Waals surface area contributed by atoms with Crippen molar-refractivity contribution in [2.45, 2.75) is 32.2 Å². The average molecular weight is 364 g/mol. The highest BCUT2D eigenvalue weighted by Crippen LogP contribution is 2.32. The predicted octanol–water partition coefficient (Wildman–Crippen LogP) is 1.35. The standard InChI is InChI=1S/C16H24N6O2S/c1-4-22-14(7-8-19-22)16-15(17-9-10-18-16)13-6-5-11-21(12-13)25(23,24)20(2)3/h7-10,13H,4-6,11-12H2,1-3H3/t13-/m1/s1. The van der Waals surface area contributed by atoms with E-state index in [2.05, 4.69) is 15.1 Å². The van der Waals surface area contributed by atoms with Crippen LogP contribution >= 0.6 is 0 Å². The van der Waals surface area contributed by atoms with Crippen molar-refractivity contribution in [2.24, 2.45) is 0 Å². The minimum atomic E-state index is -3.42. The molecular weight excluding hydrogens is 340 g/mol. The maximum Gasteiger partial charge on any atom is 0.281 e. The molecule has 3 heterocycles. The molecule has 1 aliphatic heterocycles. The van der Waals surface area contributed by atoms with E-state index in [0.29, 0.717) is 13.1 Å². The molecule has 0 aromatic carbocycles. The lowest BCUT2D eigenvalue weighted by molar-refractivity contribution is 0.296. The van der Waals surface area contributed by atoms with Crippen LogP contribution in [0.4, 0.5) is 0 Å². The zero-order valence-corrected chi connectivity index (χ0v) is 15.6. The van der Waals surface area contributed by atoms with Gasteiger partial charge in [0.1, 0.15) is 5.69 Å². The summed E-state index contributed by atoms with van der Waals surface area (Å²) in [6, 6.07) is 1.92. The Morgan fingerprint density at radius 3 is 2.72 bits per heavy atom. The van der Waals surface area contributed by atoms with Gasteiger partial charge < -0.3 is 0 Å². The quantitative estimate of drug-likeness (QED) is 0.799. The molecule has 9 heteroatoms. The highest BCUT2D eigenvalue weighted by molar-refractivity contribution is 7.86. The van der Waals surface area contributed by atoms with Gasteiger partial charge in [0.25, 0.3) is 10.2 Å². The van der Waals surface area contributed by atoms with Crippen LogP contribution in [-0.2, 0) is 16.8 Å². The first-order valence-electron chi connectivity index (χ1n) is 8.45. The van der Waals surface area contributed by atoms with Crippen LogP contribution < -0.4 is 0 Å². The summed E-state index contributed by atoms with van der Waals surface area (Å²) >= 11 is 0. The molecule has 25 heavy (non-hydrogen) atoms. The van der Waals surface area contributed by atoms with Crippen LogP contribution in [-0.4, -0.2) is 64.0 Å². The van der Waals surface area contributed by atoms with Gasteiger partial charge in [0, 0.05) is 58.2 Å². The molecule has 0 saturated carbocycles. The van der Waals surface area contributed by atoms with Gasteiger partial charge in [-0.15, -0.1) is 0 Å². The van der Waals surface area contributed by atoms with Crippen molar-refractivity contribution in [3.8, 4) is 11.4 Å². The second kappa shape index (κ2) is 7.19. The Kier molecular flexibility index (Phi) is 5.16. The molecule has 1 aliphatic rings. The Hall–Kier alpha value is -1.84. The third kappa shape index (κ3) is 3.44. The first-order valence-corrected chi connectivity index (χ1v) is 9.85. The Bertz CT molecular complexity index is 833. The molecule has 0 bridgehead atoms. The molecule has 8 nitrogen and oxygen atoms in total. The van der Waals surface area contributed by atoms with Crippen molar-refractivity contribution < 1.29 is 8.42 Å². The van der Waals surface area contributed by atoms with Crippen LogP contribution in [0.2, 0.25) is 0 Å². The van der Waals surface area contributed by atoms with Crippen LogP contribution in [0.15, 0.2) is 24.7 Å². The molecule has 0 spiro atoms. The smallest absolute Gasteiger partial charge is 0.264 e. The van der Waals surface area contributed by atoms with E-state index >= 15 is 0 Å². The molecule has 0 unspecified atom stereocenters. The van der Waals surface area contributed by atoms with Crippen molar-refractivity contribution in [3.05, 3.63) is 30.4 Å². The fraction of sp³-hybridized carbons (Fsp3) is 0.562. The number of rotatable bonds is 5. The van der Waals surface area contributed by atoms with Gasteiger partial charge in [-0.1, -0.05) is 0 Å². The van der Waals surface area contributed by atoms with Gasteiger partial charge in [0.2, 0.25) is 0 Å². The monoisotopic (exact) mass is 364 g/mol. The van der Waals surface area contributed by atoms with Crippen molar-refractivity contribution in [2.75, 3.05) is 27.2 Å². The molecule has 1 fully saturated rings. The number of hydrogen-bond acceptors (Lipinski definition) is 5. The molecule has 3 rings (SSSR count). The van der Waals surface area contributed by atoms with Crippen molar-refractivity contribution in [3.63, 3.8) is 0 Å². The first kappa shape index (κ1) is 18.0. The largest absolute Gasteiger partial charge is 0.281 e. The molecule has 0 radical (unpaired) electrons. The van der Waals surface area contributed by atoms with Crippen molar-refractivity contribution in [1.82, 2.24) is 28.4 Å². The summed E-state index contributed by atoms with van der Waals surface area (Å²) in [5.74, 6) is 0.0207. The highest BCUT2D eigenvalue weighted by Gasteiger charge is 2.33. The molecule has 1 atom stereocenters. The fourth-order valence-electron chi connectivity index (χ4n) is 3.24. The molecule has 0 aliphatic carbocycles. The topological polar surface area (TPSA) is 84.2 Å². The maximum atomic E-state index is 12.5. The second-order valence-electron chi connectivity index (χ2n) is 6.31. The molecule has 0 amide bonds. The predicted molar refractivity (Wildman–Crippen MR) is 95.1 cm³/mol. The summed E-state index contributed by atoms with van der Waals surface area (Å²) in [5.41, 5.74) is 2.55. The highest BCUT2D eigenvalue weighted by atomic mass is 32.2. The third-order valence-electron chi connectivity index (χ3n) is 4.54. The summed E-state index contributed by atoms with van der Waals surface area (Å²) in [6.07, 6.45) is 6.79. The molecule has 1 saturated heterocycles. The van der Waals surface area contributed by atoms with Crippen LogP contribution in [0.1, 0.15) is 31.4 Å². The average Bonchev–Trinajstić information content (AvgIpc) is 3.10. The second-order valence-corrected chi connectivity index (χ2v) is 8.45.